The van der Waals surface area contributed by atoms with Crippen LogP contribution >= 0.6 is 0 Å². The van der Waals surface area contributed by atoms with Gasteiger partial charge in [0.1, 0.15) is 12.1 Å². The van der Waals surface area contributed by atoms with E-state index in [2.05, 4.69) is 24.2 Å². The van der Waals surface area contributed by atoms with Crippen LogP contribution in [0.2, 0.25) is 0 Å². The molecular weight excluding hydrogens is 908 g/mol. The van der Waals surface area contributed by atoms with Crippen molar-refractivity contribution in [1.29, 1.82) is 0 Å². The van der Waals surface area contributed by atoms with Gasteiger partial charge in [0, 0.05) is 37.3 Å². The number of anilines is 2. The fourth-order valence-corrected chi connectivity index (χ4v) is 12.9. The van der Waals surface area contributed by atoms with Crippen molar-refractivity contribution < 1.29 is 26.0 Å². The Hall–Kier alpha value is -2.55. The quantitative estimate of drug-likeness (QED) is 0.239. The van der Waals surface area contributed by atoms with Gasteiger partial charge in [-0.1, -0.05) is 167 Å². The number of nitrogens with one attached hydrogen (secondary N) is 2. The van der Waals surface area contributed by atoms with Gasteiger partial charge in [-0.05, 0) is 89.8 Å². The largest absolute Gasteiger partial charge is 0.450 e. The monoisotopic (exact) mass is 1000 g/mol. The third-order valence-corrected chi connectivity index (χ3v) is 18.0. The maximum atomic E-state index is 14.6. The molecule has 1 spiro atoms. The molecule has 2 N–H and O–H groups in total. The number of hydrogen-bond donors (Lipinski definition) is 2. The van der Waals surface area contributed by atoms with Crippen LogP contribution in [0.3, 0.4) is 0 Å². The molecule has 11 nitrogen and oxygen atoms in total. The maximum Gasteiger partial charge on any atom is 0.235 e. The van der Waals surface area contributed by atoms with Gasteiger partial charge in [-0.15, -0.1) is 0 Å². The zero-order chi connectivity index (χ0) is 49.2. The lowest BCUT2D eigenvalue weighted by molar-refractivity contribution is 0.0359. The van der Waals surface area contributed by atoms with Crippen molar-refractivity contribution >= 4 is 31.6 Å². The second-order valence-electron chi connectivity index (χ2n) is 21.7. The van der Waals surface area contributed by atoms with Gasteiger partial charge in [0.25, 0.3) is 0 Å². The number of ether oxygens (including phenoxy) is 1. The van der Waals surface area contributed by atoms with Crippen LogP contribution in [0.25, 0.3) is 0 Å². The van der Waals surface area contributed by atoms with E-state index in [-0.39, 0.29) is 23.0 Å². The van der Waals surface area contributed by atoms with Crippen LogP contribution in [0.15, 0.2) is 30.7 Å². The predicted molar refractivity (Wildman–Crippen MR) is 285 cm³/mol. The summed E-state index contributed by atoms with van der Waals surface area (Å²) in [4.78, 5) is 14.4. The van der Waals surface area contributed by atoms with Crippen LogP contribution in [0, 0.1) is 11.7 Å². The molecule has 3 aliphatic rings. The summed E-state index contributed by atoms with van der Waals surface area (Å²) < 4.78 is 76.8. The second kappa shape index (κ2) is 31.1. The summed E-state index contributed by atoms with van der Waals surface area (Å²) in [5, 5.41) is -0.723. The molecule has 1 unspecified atom stereocenters. The van der Waals surface area contributed by atoms with Gasteiger partial charge >= 0.3 is 0 Å². The summed E-state index contributed by atoms with van der Waals surface area (Å²) in [6.45, 7) is 6.77. The van der Waals surface area contributed by atoms with E-state index >= 15 is 0 Å². The van der Waals surface area contributed by atoms with E-state index in [9.17, 15) is 21.2 Å². The first-order chi connectivity index (χ1) is 33.3. The van der Waals surface area contributed by atoms with E-state index in [0.29, 0.717) is 17.5 Å². The Bertz CT molecular complexity index is 1950. The minimum Gasteiger partial charge on any atom is -0.450 e. The van der Waals surface area contributed by atoms with Crippen LogP contribution in [-0.4, -0.2) is 81.0 Å². The molecule has 14 heteroatoms. The molecule has 2 aromatic rings. The molecule has 1 aromatic heterocycles. The zero-order valence-electron chi connectivity index (χ0n) is 43.5. The van der Waals surface area contributed by atoms with Gasteiger partial charge < -0.3 is 9.64 Å². The third-order valence-electron chi connectivity index (χ3n) is 15.5. The van der Waals surface area contributed by atoms with Crippen LogP contribution in [0.1, 0.15) is 232 Å². The summed E-state index contributed by atoms with van der Waals surface area (Å²) >= 11 is 0. The summed E-state index contributed by atoms with van der Waals surface area (Å²) in [6.07, 6.45) is 47.7. The molecule has 69 heavy (non-hydrogen) atoms. The third kappa shape index (κ3) is 21.6. The molecule has 1 atom stereocenters. The average molecular weight is 1000 g/mol. The van der Waals surface area contributed by atoms with Gasteiger partial charge in [-0.25, -0.2) is 35.9 Å². The number of hydrogen-bond acceptors (Lipinski definition) is 9. The van der Waals surface area contributed by atoms with Gasteiger partial charge in [0.2, 0.25) is 20.0 Å². The predicted octanol–water partition coefficient (Wildman–Crippen LogP) is 14.2. The summed E-state index contributed by atoms with van der Waals surface area (Å²) in [6, 6.07) is 3.89. The Balaban J connectivity index is 1.34. The number of halogens is 1. The van der Waals surface area contributed by atoms with Gasteiger partial charge in [0.15, 0.2) is 17.3 Å². The van der Waals surface area contributed by atoms with E-state index in [1.165, 1.54) is 179 Å². The zero-order valence-corrected chi connectivity index (χ0v) is 45.1. The Morgan fingerprint density at radius 2 is 1.16 bits per heavy atom. The summed E-state index contributed by atoms with van der Waals surface area (Å²) in [5.41, 5.74) is -0.0681. The van der Waals surface area contributed by atoms with Crippen molar-refractivity contribution in [2.75, 3.05) is 42.1 Å². The van der Waals surface area contributed by atoms with Crippen molar-refractivity contribution in [2.24, 2.45) is 5.92 Å². The molecule has 2 saturated heterocycles. The molecule has 1 aromatic carbocycles. The number of aromatic nitrogens is 2. The van der Waals surface area contributed by atoms with E-state index in [0.717, 1.165) is 90.0 Å². The molecule has 3 heterocycles. The lowest BCUT2D eigenvalue weighted by atomic mass is 9.79. The van der Waals surface area contributed by atoms with Crippen molar-refractivity contribution in [2.45, 2.75) is 249 Å². The first-order valence-corrected chi connectivity index (χ1v) is 31.5. The van der Waals surface area contributed by atoms with Gasteiger partial charge in [-0.2, -0.15) is 0 Å². The highest BCUT2D eigenvalue weighted by molar-refractivity contribution is 7.93. The number of nitrogens with zero attached hydrogens (tertiary/aromatic N) is 4. The molecule has 0 radical (unpaired) electrons. The summed E-state index contributed by atoms with van der Waals surface area (Å²) in [5.74, 6) is 1.16. The van der Waals surface area contributed by atoms with Crippen molar-refractivity contribution in [1.82, 2.24) is 19.6 Å². The van der Waals surface area contributed by atoms with Gasteiger partial charge in [-0.3, -0.25) is 9.62 Å². The number of sulfonamides is 2. The molecular formula is C55H95FN6O5S2. The molecule has 5 rings (SSSR count). The van der Waals surface area contributed by atoms with Crippen LogP contribution in [0.4, 0.5) is 15.9 Å². The Labute approximate surface area is 420 Å². The molecule has 394 valence electrons. The highest BCUT2D eigenvalue weighted by Crippen LogP contribution is 2.41. The lowest BCUT2D eigenvalue weighted by Gasteiger charge is -2.52. The first-order valence-electron chi connectivity index (χ1n) is 28.1. The Kier molecular flexibility index (Phi) is 25.9. The van der Waals surface area contributed by atoms with E-state index < -0.39 is 31.1 Å². The normalized spacial score (nSPS) is 24.9. The molecule has 2 aliphatic heterocycles. The number of rotatable bonds is 10. The minimum atomic E-state index is -3.78. The van der Waals surface area contributed by atoms with Gasteiger partial charge in [0.05, 0.1) is 23.4 Å². The van der Waals surface area contributed by atoms with Crippen LogP contribution < -0.4 is 19.1 Å². The SMILES string of the molecule is CC(C)S(=O)(=O)Nc1cc(F)ccc1Oc1cncnc1N1CCCC2(CCCCCCCCCCCCCCCCCCCCCCCCCCCCCN2C[C@H]2CC[C@H](NS(C)(=O)=O)CC2)C1. The highest BCUT2D eigenvalue weighted by Gasteiger charge is 2.42. The van der Waals surface area contributed by atoms with E-state index in [1.54, 1.807) is 26.4 Å². The van der Waals surface area contributed by atoms with Crippen molar-refractivity contribution in [3.05, 3.63) is 36.5 Å². The Morgan fingerprint density at radius 1 is 0.667 bits per heavy atom. The first kappa shape index (κ1) is 57.4. The van der Waals surface area contributed by atoms with E-state index in [4.69, 9.17) is 9.72 Å². The molecule has 0 bridgehead atoms. The molecule has 1 saturated carbocycles. The van der Waals surface area contributed by atoms with E-state index in [1.807, 2.05) is 0 Å². The number of benzene rings is 1. The standard InChI is InChI=1S/C55H95FN6O5S2/c1-47(2)69(65,66)60-51-42-49(56)34-37-52(51)67-53-43-57-46-58-54(53)61-40-31-39-55(45-61)38-29-27-25-23-21-19-17-15-13-11-9-7-5-4-6-8-10-12-14-16-18-20-22-24-26-28-30-41-62(55)44-48-32-35-50(36-33-48)59-68(3,63)64/h34,37,42-43,46-48,50,59-60H,4-33,35-36,38-41,44-45H2,1-3H3/t48-,50-,55?. The number of piperidine rings is 1. The molecule has 0 amide bonds. The smallest absolute Gasteiger partial charge is 0.235 e. The molecule has 1 aliphatic carbocycles. The van der Waals surface area contributed by atoms with Crippen LogP contribution in [0.5, 0.6) is 11.5 Å². The maximum absolute atomic E-state index is 14.6. The minimum absolute atomic E-state index is 0.00638. The Morgan fingerprint density at radius 3 is 1.67 bits per heavy atom. The summed E-state index contributed by atoms with van der Waals surface area (Å²) in [7, 11) is -7.03. The van der Waals surface area contributed by atoms with Crippen LogP contribution in [-0.2, 0) is 20.0 Å². The lowest BCUT2D eigenvalue weighted by Crippen LogP contribution is -2.60. The fourth-order valence-electron chi connectivity index (χ4n) is 11.4. The fraction of sp³-hybridized carbons (Fsp3) is 0.818. The highest BCUT2D eigenvalue weighted by atomic mass is 32.2. The molecule has 3 fully saturated rings. The average Bonchev–Trinajstić information content (AvgIpc) is 3.31. The van der Waals surface area contributed by atoms with Crippen molar-refractivity contribution in [3.8, 4) is 11.5 Å². The topological polar surface area (TPSA) is 134 Å². The second-order valence-corrected chi connectivity index (χ2v) is 25.8. The van der Waals surface area contributed by atoms with Crippen molar-refractivity contribution in [3.63, 3.8) is 0 Å².